The van der Waals surface area contributed by atoms with Crippen LogP contribution in [0.25, 0.3) is 0 Å². The highest BCUT2D eigenvalue weighted by molar-refractivity contribution is 7.92. The number of amides is 2. The van der Waals surface area contributed by atoms with Crippen molar-refractivity contribution < 1.29 is 27.5 Å². The van der Waals surface area contributed by atoms with Gasteiger partial charge in [0.15, 0.2) is 0 Å². The number of benzene rings is 3. The largest absolute Gasteiger partial charge is 0.497 e. The highest BCUT2D eigenvalue weighted by Gasteiger charge is 2.35. The first-order valence-corrected chi connectivity index (χ1v) is 16.6. The lowest BCUT2D eigenvalue weighted by Gasteiger charge is -2.35. The molecule has 2 amide bonds. The Morgan fingerprint density at radius 3 is 2.25 bits per heavy atom. The van der Waals surface area contributed by atoms with Crippen LogP contribution in [0.2, 0.25) is 0 Å². The fourth-order valence-electron chi connectivity index (χ4n) is 5.66. The van der Waals surface area contributed by atoms with E-state index in [4.69, 9.17) is 9.47 Å². The molecule has 1 unspecified atom stereocenters. The lowest BCUT2D eigenvalue weighted by atomic mass is 9.95. The lowest BCUT2D eigenvalue weighted by molar-refractivity contribution is -0.140. The van der Waals surface area contributed by atoms with E-state index in [0.717, 1.165) is 47.5 Å². The van der Waals surface area contributed by atoms with Crippen molar-refractivity contribution in [3.63, 3.8) is 0 Å². The summed E-state index contributed by atoms with van der Waals surface area (Å²) in [7, 11) is -1.33. The van der Waals surface area contributed by atoms with Crippen LogP contribution < -0.4 is 19.1 Å². The maximum Gasteiger partial charge on any atom is 0.264 e. The Morgan fingerprint density at radius 2 is 1.61 bits per heavy atom. The third-order valence-electron chi connectivity index (χ3n) is 8.20. The van der Waals surface area contributed by atoms with Crippen LogP contribution in [0.4, 0.5) is 5.69 Å². The molecule has 0 aromatic heterocycles. The number of nitrogens with zero attached hydrogens (tertiary/aromatic N) is 2. The molecule has 0 bridgehead atoms. The van der Waals surface area contributed by atoms with Gasteiger partial charge in [-0.15, -0.1) is 0 Å². The second-order valence-corrected chi connectivity index (χ2v) is 12.9. The normalized spacial score (nSPS) is 14.4. The van der Waals surface area contributed by atoms with Gasteiger partial charge in [0.25, 0.3) is 10.0 Å². The summed E-state index contributed by atoms with van der Waals surface area (Å²) in [6.07, 6.45) is 5.45. The zero-order valence-corrected chi connectivity index (χ0v) is 26.8. The first kappa shape index (κ1) is 32.9. The van der Waals surface area contributed by atoms with E-state index in [1.165, 1.54) is 37.3 Å². The molecular weight excluding hydrogens is 578 g/mol. The number of hydrogen-bond donors (Lipinski definition) is 1. The smallest absolute Gasteiger partial charge is 0.264 e. The van der Waals surface area contributed by atoms with Gasteiger partial charge in [-0.3, -0.25) is 13.9 Å². The first-order chi connectivity index (χ1) is 21.2. The van der Waals surface area contributed by atoms with Crippen molar-refractivity contribution in [2.24, 2.45) is 0 Å². The summed E-state index contributed by atoms with van der Waals surface area (Å²) >= 11 is 0. The van der Waals surface area contributed by atoms with Crippen LogP contribution in [-0.4, -0.2) is 58.0 Å². The van der Waals surface area contributed by atoms with Gasteiger partial charge in [-0.1, -0.05) is 68.7 Å². The SMILES string of the molecule is CCC(C(=O)NC1CCCCC1)N(Cc1ccccc1C)C(=O)CN(c1cc(OC)ccc1OC)S(=O)(=O)c1ccccc1. The second kappa shape index (κ2) is 15.1. The molecule has 0 saturated heterocycles. The Bertz CT molecular complexity index is 1520. The summed E-state index contributed by atoms with van der Waals surface area (Å²) in [5.74, 6) is -0.0803. The molecule has 3 aromatic carbocycles. The van der Waals surface area contributed by atoms with Crippen LogP contribution in [0.3, 0.4) is 0 Å². The molecule has 1 aliphatic rings. The molecule has 0 heterocycles. The summed E-state index contributed by atoms with van der Waals surface area (Å²) < 4.78 is 40.4. The Morgan fingerprint density at radius 1 is 0.932 bits per heavy atom. The van der Waals surface area contributed by atoms with Crippen LogP contribution in [0.5, 0.6) is 11.5 Å². The molecule has 3 aromatic rings. The summed E-state index contributed by atoms with van der Waals surface area (Å²) in [4.78, 5) is 29.7. The van der Waals surface area contributed by atoms with Gasteiger partial charge in [0.05, 0.1) is 24.8 Å². The third kappa shape index (κ3) is 7.72. The Hall–Kier alpha value is -4.05. The lowest BCUT2D eigenvalue weighted by Crippen LogP contribution is -2.54. The highest BCUT2D eigenvalue weighted by atomic mass is 32.2. The number of carbonyl (C=O) groups excluding carboxylic acids is 2. The molecule has 1 atom stereocenters. The van der Waals surface area contributed by atoms with Gasteiger partial charge in [-0.25, -0.2) is 8.42 Å². The van der Waals surface area contributed by atoms with Crippen LogP contribution >= 0.6 is 0 Å². The number of hydrogen-bond acceptors (Lipinski definition) is 6. The number of ether oxygens (including phenoxy) is 2. The monoisotopic (exact) mass is 621 g/mol. The fraction of sp³-hybridized carbons (Fsp3) is 0.412. The predicted octanol–water partition coefficient (Wildman–Crippen LogP) is 5.46. The van der Waals surface area contributed by atoms with Crippen molar-refractivity contribution in [3.8, 4) is 11.5 Å². The van der Waals surface area contributed by atoms with E-state index in [0.29, 0.717) is 12.2 Å². The van der Waals surface area contributed by atoms with Crippen molar-refractivity contribution in [3.05, 3.63) is 83.9 Å². The highest BCUT2D eigenvalue weighted by Crippen LogP contribution is 2.36. The Kier molecular flexibility index (Phi) is 11.3. The summed E-state index contributed by atoms with van der Waals surface area (Å²) in [5.41, 5.74) is 2.00. The summed E-state index contributed by atoms with van der Waals surface area (Å²) in [6.45, 7) is 3.41. The molecule has 0 spiro atoms. The fourth-order valence-corrected chi connectivity index (χ4v) is 7.10. The number of methoxy groups -OCH3 is 2. The Balaban J connectivity index is 1.77. The molecular formula is C34H43N3O6S. The van der Waals surface area contributed by atoms with Gasteiger partial charge in [0.2, 0.25) is 11.8 Å². The maximum absolute atomic E-state index is 14.4. The standard InChI is InChI=1S/C34H43N3O6S/c1-5-30(34(39)35-27-16-8-6-9-17-27)36(23-26-15-13-12-14-25(26)2)33(38)24-37(44(40,41)29-18-10-7-11-19-29)31-22-28(42-3)20-21-32(31)43-4/h7,10-15,18-22,27,30H,5-6,8-9,16-17,23-24H2,1-4H3,(H,35,39). The number of anilines is 1. The zero-order chi connectivity index (χ0) is 31.7. The van der Waals surface area contributed by atoms with Crippen molar-refractivity contribution >= 4 is 27.5 Å². The van der Waals surface area contributed by atoms with E-state index < -0.39 is 28.5 Å². The van der Waals surface area contributed by atoms with Crippen molar-refractivity contribution in [2.75, 3.05) is 25.1 Å². The van der Waals surface area contributed by atoms with E-state index >= 15 is 0 Å². The molecule has 9 nitrogen and oxygen atoms in total. The number of aryl methyl sites for hydroxylation is 1. The van der Waals surface area contributed by atoms with E-state index in [2.05, 4.69) is 5.32 Å². The predicted molar refractivity (Wildman–Crippen MR) is 171 cm³/mol. The van der Waals surface area contributed by atoms with Crippen molar-refractivity contribution in [1.82, 2.24) is 10.2 Å². The van der Waals surface area contributed by atoms with Crippen molar-refractivity contribution in [2.45, 2.75) is 75.9 Å². The molecule has 0 radical (unpaired) electrons. The first-order valence-electron chi connectivity index (χ1n) is 15.1. The molecule has 0 aliphatic heterocycles. The second-order valence-electron chi connectivity index (χ2n) is 11.1. The minimum atomic E-state index is -4.25. The van der Waals surface area contributed by atoms with Gasteiger partial charge >= 0.3 is 0 Å². The molecule has 236 valence electrons. The van der Waals surface area contributed by atoms with Crippen molar-refractivity contribution in [1.29, 1.82) is 0 Å². The van der Waals surface area contributed by atoms with Gasteiger partial charge in [0, 0.05) is 18.7 Å². The zero-order valence-electron chi connectivity index (χ0n) is 26.0. The Labute approximate surface area is 261 Å². The quantitative estimate of drug-likeness (QED) is 0.272. The summed E-state index contributed by atoms with van der Waals surface area (Å²) in [5, 5.41) is 3.18. The van der Waals surface area contributed by atoms with E-state index in [1.807, 2.05) is 38.1 Å². The summed E-state index contributed by atoms with van der Waals surface area (Å²) in [6, 6.07) is 19.7. The molecule has 44 heavy (non-hydrogen) atoms. The molecule has 1 aliphatic carbocycles. The van der Waals surface area contributed by atoms with Crippen LogP contribution in [0, 0.1) is 6.92 Å². The number of carbonyl (C=O) groups is 2. The average Bonchev–Trinajstić information content (AvgIpc) is 3.04. The number of sulfonamides is 1. The van der Waals surface area contributed by atoms with Crippen LogP contribution in [0.1, 0.15) is 56.6 Å². The minimum Gasteiger partial charge on any atom is -0.497 e. The van der Waals surface area contributed by atoms with Gasteiger partial charge < -0.3 is 19.7 Å². The molecule has 4 rings (SSSR count). The van der Waals surface area contributed by atoms with Gasteiger partial charge in [0.1, 0.15) is 24.1 Å². The minimum absolute atomic E-state index is 0.0187. The molecule has 10 heteroatoms. The number of nitrogens with one attached hydrogen (secondary N) is 1. The maximum atomic E-state index is 14.4. The molecule has 1 fully saturated rings. The van der Waals surface area contributed by atoms with Crippen LogP contribution in [-0.2, 0) is 26.2 Å². The number of rotatable bonds is 13. The van der Waals surface area contributed by atoms with Gasteiger partial charge in [-0.2, -0.15) is 0 Å². The van der Waals surface area contributed by atoms with E-state index in [1.54, 1.807) is 30.3 Å². The average molecular weight is 622 g/mol. The third-order valence-corrected chi connectivity index (χ3v) is 9.98. The van der Waals surface area contributed by atoms with E-state index in [9.17, 15) is 18.0 Å². The van der Waals surface area contributed by atoms with Gasteiger partial charge in [-0.05, 0) is 61.6 Å². The van der Waals surface area contributed by atoms with Crippen LogP contribution in [0.15, 0.2) is 77.7 Å². The molecule has 1 saturated carbocycles. The molecule has 1 N–H and O–H groups in total. The van der Waals surface area contributed by atoms with E-state index in [-0.39, 0.29) is 34.8 Å². The topological polar surface area (TPSA) is 105 Å².